The summed E-state index contributed by atoms with van der Waals surface area (Å²) in [4.78, 5) is 10.1. The van der Waals surface area contributed by atoms with E-state index in [9.17, 15) is 9.90 Å². The first-order valence-corrected chi connectivity index (χ1v) is 16.3. The van der Waals surface area contributed by atoms with Crippen molar-refractivity contribution in [3.05, 3.63) is 0 Å². The van der Waals surface area contributed by atoms with Crippen molar-refractivity contribution in [3.8, 4) is 0 Å². The number of unbranched alkanes of at least 4 members (excludes halogenated alkanes) is 23. The summed E-state index contributed by atoms with van der Waals surface area (Å²) in [5, 5.41) is 10.1. The van der Waals surface area contributed by atoms with Crippen LogP contribution in [-0.2, 0) is 4.79 Å². The van der Waals surface area contributed by atoms with Gasteiger partial charge in [0.1, 0.15) is 0 Å². The van der Waals surface area contributed by atoms with Gasteiger partial charge in [0.2, 0.25) is 0 Å². The van der Waals surface area contributed by atoms with Crippen molar-refractivity contribution >= 4 is 5.97 Å². The van der Waals surface area contributed by atoms with E-state index in [1.165, 1.54) is 154 Å². The maximum Gasteiger partial charge on any atom is 0.0780 e. The molecular formula is C33H69NO2. The monoisotopic (exact) mass is 512 g/mol. The van der Waals surface area contributed by atoms with Crippen LogP contribution in [0, 0.1) is 0 Å². The maximum absolute atomic E-state index is 10.1. The van der Waals surface area contributed by atoms with E-state index in [1.54, 1.807) is 0 Å². The number of quaternary nitrogens is 1. The van der Waals surface area contributed by atoms with E-state index in [-0.39, 0.29) is 6.42 Å². The Bertz CT molecular complexity index is 416. The fourth-order valence-corrected chi connectivity index (χ4v) is 4.71. The Balaban J connectivity index is 0. The third-order valence-corrected chi connectivity index (χ3v) is 7.17. The van der Waals surface area contributed by atoms with Gasteiger partial charge in [0.25, 0.3) is 0 Å². The molecule has 3 heteroatoms. The number of carbonyl (C=O) groups is 1. The lowest BCUT2D eigenvalue weighted by atomic mass is 10.0. The number of carbonyl (C=O) groups excluding carboxylic acids is 1. The molecule has 0 N–H and O–H groups in total. The number of aliphatic carboxylic acids is 1. The van der Waals surface area contributed by atoms with Crippen molar-refractivity contribution in [2.45, 2.75) is 181 Å². The fraction of sp³-hybridized carbons (Fsp3) is 0.970. The normalized spacial score (nSPS) is 11.4. The zero-order chi connectivity index (χ0) is 27.2. The highest BCUT2D eigenvalue weighted by atomic mass is 16.4. The molecular weight excluding hydrogens is 442 g/mol. The van der Waals surface area contributed by atoms with E-state index >= 15 is 0 Å². The average Bonchev–Trinajstić information content (AvgIpc) is 2.82. The predicted octanol–water partition coefficient (Wildman–Crippen LogP) is 9.61. The van der Waals surface area contributed by atoms with Crippen LogP contribution in [0.15, 0.2) is 0 Å². The summed E-state index contributed by atoms with van der Waals surface area (Å²) in [5.41, 5.74) is 0. The third-order valence-electron chi connectivity index (χ3n) is 7.17. The number of rotatable bonds is 27. The standard InChI is InChI=1S/C21H46N.C12H24O2/c1-5-6-7-8-9-10-11-12-13-14-15-16-17-18-19-20-21-22(2,3)4;1-2-3-4-5-6-7-8-9-10-11-12(13)14/h5-21H2,1-4H3;2-11H2,1H3,(H,13,14)/q+1;/p-1. The van der Waals surface area contributed by atoms with Gasteiger partial charge in [0.15, 0.2) is 0 Å². The number of hydrogen-bond acceptors (Lipinski definition) is 2. The summed E-state index contributed by atoms with van der Waals surface area (Å²) in [6.45, 7) is 5.85. The van der Waals surface area contributed by atoms with Crippen LogP contribution in [0.3, 0.4) is 0 Å². The summed E-state index contributed by atoms with van der Waals surface area (Å²) < 4.78 is 1.12. The summed E-state index contributed by atoms with van der Waals surface area (Å²) in [5.74, 6) is -0.909. The SMILES string of the molecule is CCCCCCCCCCCC(=O)[O-].CCCCCCCCCCCCCCCCCC[N+](C)(C)C. The van der Waals surface area contributed by atoms with Gasteiger partial charge >= 0.3 is 0 Å². The first-order valence-electron chi connectivity index (χ1n) is 16.3. The topological polar surface area (TPSA) is 40.1 Å². The summed E-state index contributed by atoms with van der Waals surface area (Å²) in [6, 6.07) is 0. The lowest BCUT2D eigenvalue weighted by molar-refractivity contribution is -0.870. The first kappa shape index (κ1) is 37.6. The molecule has 218 valence electrons. The molecule has 0 saturated carbocycles. The van der Waals surface area contributed by atoms with Crippen LogP contribution >= 0.6 is 0 Å². The minimum absolute atomic E-state index is 0.232. The quantitative estimate of drug-likeness (QED) is 0.0813. The molecule has 0 atom stereocenters. The Labute approximate surface area is 228 Å². The fourth-order valence-electron chi connectivity index (χ4n) is 4.71. The largest absolute Gasteiger partial charge is 0.550 e. The van der Waals surface area contributed by atoms with Crippen LogP contribution < -0.4 is 5.11 Å². The zero-order valence-electron chi connectivity index (χ0n) is 25.9. The number of carboxylic acids is 1. The molecule has 0 spiro atoms. The van der Waals surface area contributed by atoms with Crippen molar-refractivity contribution in [2.75, 3.05) is 27.7 Å². The van der Waals surface area contributed by atoms with Gasteiger partial charge in [0.05, 0.1) is 27.7 Å². The van der Waals surface area contributed by atoms with Gasteiger partial charge in [-0.1, -0.05) is 155 Å². The van der Waals surface area contributed by atoms with Crippen molar-refractivity contribution in [1.82, 2.24) is 0 Å². The highest BCUT2D eigenvalue weighted by Crippen LogP contribution is 2.14. The molecule has 0 radical (unpaired) electrons. The lowest BCUT2D eigenvalue weighted by Gasteiger charge is -2.23. The summed E-state index contributed by atoms with van der Waals surface area (Å²) in [6.07, 6.45) is 34.5. The summed E-state index contributed by atoms with van der Waals surface area (Å²) in [7, 11) is 6.89. The van der Waals surface area contributed by atoms with Gasteiger partial charge in [-0.3, -0.25) is 0 Å². The van der Waals surface area contributed by atoms with Crippen molar-refractivity contribution in [1.29, 1.82) is 0 Å². The number of hydrogen-bond donors (Lipinski definition) is 0. The average molecular weight is 512 g/mol. The Morgan fingerprint density at radius 1 is 0.444 bits per heavy atom. The minimum Gasteiger partial charge on any atom is -0.550 e. The second kappa shape index (κ2) is 30.7. The van der Waals surface area contributed by atoms with Gasteiger partial charge in [-0.05, 0) is 25.7 Å². The molecule has 0 aromatic rings. The molecule has 0 heterocycles. The smallest absolute Gasteiger partial charge is 0.0780 e. The van der Waals surface area contributed by atoms with Crippen LogP contribution in [0.1, 0.15) is 181 Å². The second-order valence-electron chi connectivity index (χ2n) is 12.3. The summed E-state index contributed by atoms with van der Waals surface area (Å²) >= 11 is 0. The molecule has 0 bridgehead atoms. The molecule has 0 saturated heterocycles. The molecule has 0 fully saturated rings. The zero-order valence-corrected chi connectivity index (χ0v) is 25.9. The van der Waals surface area contributed by atoms with Gasteiger partial charge in [0, 0.05) is 5.97 Å². The molecule has 0 aromatic heterocycles. The molecule has 0 amide bonds. The molecule has 0 aliphatic carbocycles. The van der Waals surface area contributed by atoms with Gasteiger partial charge in [-0.2, -0.15) is 0 Å². The van der Waals surface area contributed by atoms with E-state index < -0.39 is 5.97 Å². The molecule has 0 aromatic carbocycles. The number of nitrogens with zero attached hydrogens (tertiary/aromatic N) is 1. The van der Waals surface area contributed by atoms with Crippen LogP contribution in [-0.4, -0.2) is 38.1 Å². The van der Waals surface area contributed by atoms with Gasteiger partial charge < -0.3 is 14.4 Å². The molecule has 3 nitrogen and oxygen atoms in total. The van der Waals surface area contributed by atoms with Crippen molar-refractivity contribution in [3.63, 3.8) is 0 Å². The minimum atomic E-state index is -0.909. The second-order valence-corrected chi connectivity index (χ2v) is 12.3. The maximum atomic E-state index is 10.1. The molecule has 0 unspecified atom stereocenters. The van der Waals surface area contributed by atoms with Crippen molar-refractivity contribution in [2.24, 2.45) is 0 Å². The van der Waals surface area contributed by atoms with E-state index in [0.717, 1.165) is 17.3 Å². The van der Waals surface area contributed by atoms with E-state index in [2.05, 4.69) is 35.0 Å². The highest BCUT2D eigenvalue weighted by molar-refractivity contribution is 5.64. The highest BCUT2D eigenvalue weighted by Gasteiger charge is 2.05. The Hall–Kier alpha value is -0.570. The molecule has 0 rings (SSSR count). The lowest BCUT2D eigenvalue weighted by Crippen LogP contribution is -2.35. The Morgan fingerprint density at radius 2 is 0.694 bits per heavy atom. The van der Waals surface area contributed by atoms with Gasteiger partial charge in [-0.15, -0.1) is 0 Å². The Kier molecular flexibility index (Phi) is 32.0. The first-order chi connectivity index (χ1) is 17.3. The molecule has 0 aliphatic heterocycles. The Morgan fingerprint density at radius 3 is 0.944 bits per heavy atom. The number of carboxylic acid groups (broad SMARTS) is 1. The van der Waals surface area contributed by atoms with Crippen LogP contribution in [0.25, 0.3) is 0 Å². The predicted molar refractivity (Wildman–Crippen MR) is 159 cm³/mol. The molecule has 0 aliphatic rings. The van der Waals surface area contributed by atoms with Crippen LogP contribution in [0.4, 0.5) is 0 Å². The van der Waals surface area contributed by atoms with Gasteiger partial charge in [-0.25, -0.2) is 0 Å². The van der Waals surface area contributed by atoms with Crippen LogP contribution in [0.5, 0.6) is 0 Å². The van der Waals surface area contributed by atoms with Crippen LogP contribution in [0.2, 0.25) is 0 Å². The van der Waals surface area contributed by atoms with E-state index in [4.69, 9.17) is 0 Å². The van der Waals surface area contributed by atoms with E-state index in [0.29, 0.717) is 0 Å². The third kappa shape index (κ3) is 40.6. The van der Waals surface area contributed by atoms with E-state index in [1.807, 2.05) is 0 Å². The molecule has 36 heavy (non-hydrogen) atoms. The van der Waals surface area contributed by atoms with Crippen molar-refractivity contribution < 1.29 is 14.4 Å².